The summed E-state index contributed by atoms with van der Waals surface area (Å²) in [5, 5.41) is 13.3. The number of hydrogen-bond acceptors (Lipinski definition) is 4. The predicted molar refractivity (Wildman–Crippen MR) is 77.9 cm³/mol. The molecule has 1 aromatic heterocycles. The number of nitrogens with two attached hydrogens (primary N) is 1. The second kappa shape index (κ2) is 7.46. The molecule has 2 rings (SSSR count). The fourth-order valence-corrected chi connectivity index (χ4v) is 2.72. The fraction of sp³-hybridized carbons (Fsp3) is 0.667. The van der Waals surface area contributed by atoms with Crippen LogP contribution in [-0.4, -0.2) is 23.2 Å². The monoisotopic (exact) mass is 263 g/mol. The smallest absolute Gasteiger partial charge is 0.126 e. The molecule has 4 heteroatoms. The van der Waals surface area contributed by atoms with Crippen molar-refractivity contribution < 1.29 is 5.11 Å². The first kappa shape index (κ1) is 14.3. The molecule has 1 aromatic rings. The van der Waals surface area contributed by atoms with E-state index >= 15 is 0 Å². The lowest BCUT2D eigenvalue weighted by Gasteiger charge is -2.22. The Bertz CT molecular complexity index is 377. The molecule has 1 heterocycles. The third-order valence-corrected chi connectivity index (χ3v) is 3.91. The maximum atomic E-state index is 9.93. The van der Waals surface area contributed by atoms with E-state index in [1.807, 2.05) is 12.1 Å². The lowest BCUT2D eigenvalue weighted by molar-refractivity contribution is 0.170. The highest BCUT2D eigenvalue weighted by Gasteiger charge is 2.13. The van der Waals surface area contributed by atoms with Gasteiger partial charge in [-0.2, -0.15) is 0 Å². The molecule has 1 aliphatic carbocycles. The summed E-state index contributed by atoms with van der Waals surface area (Å²) in [4.78, 5) is 4.31. The normalized spacial score (nSPS) is 18.2. The summed E-state index contributed by atoms with van der Waals surface area (Å²) in [5.74, 6) is 1.63. The highest BCUT2D eigenvalue weighted by Crippen LogP contribution is 2.24. The van der Waals surface area contributed by atoms with Crippen LogP contribution in [0.5, 0.6) is 0 Å². The van der Waals surface area contributed by atoms with Gasteiger partial charge in [0, 0.05) is 12.7 Å². The van der Waals surface area contributed by atoms with Crippen molar-refractivity contribution in [2.24, 2.45) is 11.7 Å². The highest BCUT2D eigenvalue weighted by atomic mass is 16.3. The fourth-order valence-electron chi connectivity index (χ4n) is 2.72. The predicted octanol–water partition coefficient (Wildman–Crippen LogP) is 2.46. The van der Waals surface area contributed by atoms with Crippen LogP contribution in [0.3, 0.4) is 0 Å². The van der Waals surface area contributed by atoms with E-state index in [1.54, 1.807) is 6.20 Å². The molecule has 0 aliphatic heterocycles. The highest BCUT2D eigenvalue weighted by molar-refractivity contribution is 5.38. The van der Waals surface area contributed by atoms with E-state index in [4.69, 9.17) is 5.73 Å². The van der Waals surface area contributed by atoms with Crippen LogP contribution >= 0.6 is 0 Å². The quantitative estimate of drug-likeness (QED) is 0.737. The molecule has 19 heavy (non-hydrogen) atoms. The molecule has 1 aliphatic rings. The Balaban J connectivity index is 1.87. The van der Waals surface area contributed by atoms with E-state index in [9.17, 15) is 5.11 Å². The zero-order valence-corrected chi connectivity index (χ0v) is 11.5. The molecule has 106 valence electrons. The molecule has 1 atom stereocenters. The second-order valence-electron chi connectivity index (χ2n) is 5.45. The standard InChI is InChI=1S/C15H25N3O/c16-8-6-14(19)13-7-9-17-15(10-13)18-11-12-4-2-1-3-5-12/h7,9-10,12,14,19H,1-6,8,11,16H2,(H,17,18). The molecule has 0 radical (unpaired) electrons. The van der Waals surface area contributed by atoms with Gasteiger partial charge in [-0.1, -0.05) is 19.3 Å². The van der Waals surface area contributed by atoms with Crippen molar-refractivity contribution in [2.45, 2.75) is 44.6 Å². The molecule has 1 unspecified atom stereocenters. The minimum absolute atomic E-state index is 0.483. The van der Waals surface area contributed by atoms with Crippen molar-refractivity contribution in [1.82, 2.24) is 4.98 Å². The molecule has 4 N–H and O–H groups in total. The van der Waals surface area contributed by atoms with Crippen molar-refractivity contribution in [2.75, 3.05) is 18.4 Å². The van der Waals surface area contributed by atoms with Gasteiger partial charge in [0.05, 0.1) is 6.10 Å². The third kappa shape index (κ3) is 4.48. The van der Waals surface area contributed by atoms with Gasteiger partial charge in [-0.05, 0) is 49.4 Å². The van der Waals surface area contributed by atoms with Crippen LogP contribution in [0.25, 0.3) is 0 Å². The maximum Gasteiger partial charge on any atom is 0.126 e. The van der Waals surface area contributed by atoms with Gasteiger partial charge in [0.1, 0.15) is 5.82 Å². The van der Waals surface area contributed by atoms with Gasteiger partial charge in [-0.3, -0.25) is 0 Å². The van der Waals surface area contributed by atoms with Crippen molar-refractivity contribution in [3.63, 3.8) is 0 Å². The molecule has 1 fully saturated rings. The van der Waals surface area contributed by atoms with Gasteiger partial charge in [0.25, 0.3) is 0 Å². The number of aliphatic hydroxyl groups excluding tert-OH is 1. The largest absolute Gasteiger partial charge is 0.388 e. The van der Waals surface area contributed by atoms with Crippen molar-refractivity contribution in [1.29, 1.82) is 0 Å². The first-order valence-corrected chi connectivity index (χ1v) is 7.37. The van der Waals surface area contributed by atoms with Crippen molar-refractivity contribution in [3.05, 3.63) is 23.9 Å². The molecule has 0 saturated heterocycles. The molecular formula is C15H25N3O. The molecule has 0 amide bonds. The number of anilines is 1. The average molecular weight is 263 g/mol. The van der Waals surface area contributed by atoms with Gasteiger partial charge in [0.15, 0.2) is 0 Å². The van der Waals surface area contributed by atoms with Gasteiger partial charge >= 0.3 is 0 Å². The van der Waals surface area contributed by atoms with Crippen molar-refractivity contribution in [3.8, 4) is 0 Å². The van der Waals surface area contributed by atoms with Crippen LogP contribution in [0.1, 0.15) is 50.2 Å². The average Bonchev–Trinajstić information content (AvgIpc) is 2.47. The van der Waals surface area contributed by atoms with E-state index < -0.39 is 6.10 Å². The second-order valence-corrected chi connectivity index (χ2v) is 5.45. The topological polar surface area (TPSA) is 71.2 Å². The number of pyridine rings is 1. The number of rotatable bonds is 6. The van der Waals surface area contributed by atoms with E-state index in [1.165, 1.54) is 32.1 Å². The maximum absolute atomic E-state index is 9.93. The lowest BCUT2D eigenvalue weighted by Crippen LogP contribution is -2.17. The summed E-state index contributed by atoms with van der Waals surface area (Å²) in [6.45, 7) is 1.48. The zero-order valence-electron chi connectivity index (χ0n) is 11.5. The molecule has 1 saturated carbocycles. The van der Waals surface area contributed by atoms with Gasteiger partial charge < -0.3 is 16.2 Å². The van der Waals surface area contributed by atoms with E-state index in [-0.39, 0.29) is 0 Å². The summed E-state index contributed by atoms with van der Waals surface area (Å²) in [6, 6.07) is 3.79. The summed E-state index contributed by atoms with van der Waals surface area (Å²) < 4.78 is 0. The summed E-state index contributed by atoms with van der Waals surface area (Å²) in [6.07, 6.45) is 8.60. The van der Waals surface area contributed by atoms with Crippen LogP contribution in [0.15, 0.2) is 18.3 Å². The number of hydrogen-bond donors (Lipinski definition) is 3. The Morgan fingerprint density at radius 1 is 1.37 bits per heavy atom. The van der Waals surface area contributed by atoms with Gasteiger partial charge in [-0.15, -0.1) is 0 Å². The van der Waals surface area contributed by atoms with E-state index in [0.717, 1.165) is 23.8 Å². The minimum atomic E-state index is -0.483. The molecule has 0 spiro atoms. The molecule has 0 aromatic carbocycles. The van der Waals surface area contributed by atoms with E-state index in [2.05, 4.69) is 10.3 Å². The Labute approximate surface area is 115 Å². The Morgan fingerprint density at radius 2 is 2.16 bits per heavy atom. The number of aliphatic hydroxyl groups is 1. The van der Waals surface area contributed by atoms with Crippen LogP contribution < -0.4 is 11.1 Å². The molecule has 4 nitrogen and oxygen atoms in total. The Morgan fingerprint density at radius 3 is 2.89 bits per heavy atom. The van der Waals surface area contributed by atoms with Crippen molar-refractivity contribution >= 4 is 5.82 Å². The summed E-state index contributed by atoms with van der Waals surface area (Å²) in [7, 11) is 0. The van der Waals surface area contributed by atoms with Crippen LogP contribution in [0.4, 0.5) is 5.82 Å². The van der Waals surface area contributed by atoms with E-state index in [0.29, 0.717) is 13.0 Å². The van der Waals surface area contributed by atoms with Crippen LogP contribution in [0.2, 0.25) is 0 Å². The Kier molecular flexibility index (Phi) is 5.61. The first-order valence-electron chi connectivity index (χ1n) is 7.37. The van der Waals surface area contributed by atoms with Gasteiger partial charge in [-0.25, -0.2) is 4.98 Å². The van der Waals surface area contributed by atoms with Gasteiger partial charge in [0.2, 0.25) is 0 Å². The number of nitrogens with zero attached hydrogens (tertiary/aromatic N) is 1. The number of nitrogens with one attached hydrogen (secondary N) is 1. The number of aromatic nitrogens is 1. The Hall–Kier alpha value is -1.13. The summed E-state index contributed by atoms with van der Waals surface area (Å²) in [5.41, 5.74) is 6.36. The first-order chi connectivity index (χ1) is 9.29. The molecular weight excluding hydrogens is 238 g/mol. The van der Waals surface area contributed by atoms with Crippen LogP contribution in [-0.2, 0) is 0 Å². The van der Waals surface area contributed by atoms with Crippen LogP contribution in [0, 0.1) is 5.92 Å². The lowest BCUT2D eigenvalue weighted by atomic mass is 9.89. The SMILES string of the molecule is NCCC(O)c1ccnc(NCC2CCCCC2)c1. The minimum Gasteiger partial charge on any atom is -0.388 e. The zero-order chi connectivity index (χ0) is 13.5. The molecule has 0 bridgehead atoms. The third-order valence-electron chi connectivity index (χ3n) is 3.91. The summed E-state index contributed by atoms with van der Waals surface area (Å²) >= 11 is 0.